The molecule has 83 heavy (non-hydrogen) atoms. The molecule has 2 aliphatic rings. The molecule has 14 rings (SSSR count). The number of benzene rings is 7. The number of hydrogen-bond acceptors (Lipinski definition) is 12. The van der Waals surface area contributed by atoms with Crippen LogP contribution in [0.1, 0.15) is 69.5 Å². The number of hydrogen-bond donors (Lipinski definition) is 0. The van der Waals surface area contributed by atoms with Gasteiger partial charge in [0.1, 0.15) is 19.8 Å². The van der Waals surface area contributed by atoms with Gasteiger partial charge in [0.25, 0.3) is 0 Å². The van der Waals surface area contributed by atoms with E-state index in [9.17, 15) is 46.3 Å². The van der Waals surface area contributed by atoms with Gasteiger partial charge in [0, 0.05) is 22.3 Å². The lowest BCUT2D eigenvalue weighted by molar-refractivity contribution is 0.0975. The van der Waals surface area contributed by atoms with Crippen molar-refractivity contribution in [3.63, 3.8) is 0 Å². The average Bonchev–Trinajstić information content (AvgIpc) is 1.67. The van der Waals surface area contributed by atoms with Gasteiger partial charge in [-0.15, -0.1) is 22.7 Å². The van der Waals surface area contributed by atoms with Crippen LogP contribution in [0.5, 0.6) is 0 Å². The van der Waals surface area contributed by atoms with E-state index >= 15 is 4.79 Å². The molecule has 2 aliphatic carbocycles. The number of rotatable bonds is 8. The largest absolute Gasteiger partial charge is 0.444 e. The Morgan fingerprint density at radius 3 is 0.976 bits per heavy atom. The Hall–Kier alpha value is -10.4. The van der Waals surface area contributed by atoms with Crippen molar-refractivity contribution < 1.29 is 65.3 Å². The van der Waals surface area contributed by atoms with Crippen LogP contribution in [0, 0.1) is 23.3 Å². The summed E-state index contributed by atoms with van der Waals surface area (Å²) < 4.78 is 80.7. The minimum absolute atomic E-state index is 0.0203. The number of allylic oxidation sites excluding steroid dienone is 2. The van der Waals surface area contributed by atoms with Gasteiger partial charge in [-0.2, -0.15) is 0 Å². The molecule has 5 aromatic heterocycles. The molecule has 0 radical (unpaired) electrons. The van der Waals surface area contributed by atoms with Crippen LogP contribution in [-0.2, 0) is 34.0 Å². The zero-order chi connectivity index (χ0) is 57.1. The van der Waals surface area contributed by atoms with Crippen LogP contribution in [0.25, 0.3) is 74.6 Å². The molecule has 0 N–H and O–H groups in total. The molecule has 0 bridgehead atoms. The summed E-state index contributed by atoms with van der Waals surface area (Å²) in [7, 11) is 0. The third-order valence-corrected chi connectivity index (χ3v) is 17.1. The Labute approximate surface area is 471 Å². The van der Waals surface area contributed by atoms with Gasteiger partial charge in [0.2, 0.25) is 0 Å². The minimum atomic E-state index is -1.15. The van der Waals surface area contributed by atoms with Crippen LogP contribution in [0.15, 0.2) is 163 Å². The maximum Gasteiger partial charge on any atom is 0.419 e. The quantitative estimate of drug-likeness (QED) is 0.0619. The average molecular weight is 1140 g/mol. The van der Waals surface area contributed by atoms with E-state index in [-0.39, 0.29) is 108 Å². The molecule has 0 atom stereocenters. The number of thiophene rings is 2. The summed E-state index contributed by atoms with van der Waals surface area (Å²) in [6, 6.07) is 38.3. The smallest absolute Gasteiger partial charge is 0.419 e. The van der Waals surface area contributed by atoms with E-state index in [0.717, 1.165) is 56.1 Å². The molecule has 7 aromatic carbocycles. The predicted octanol–water partition coefficient (Wildman–Crippen LogP) is 15.2. The van der Waals surface area contributed by atoms with E-state index in [1.165, 1.54) is 41.0 Å². The third-order valence-electron chi connectivity index (χ3n) is 14.7. The highest BCUT2D eigenvalue weighted by Crippen LogP contribution is 2.49. The summed E-state index contributed by atoms with van der Waals surface area (Å²) in [5.74, 6) is -7.59. The number of ketones is 4. The van der Waals surface area contributed by atoms with Gasteiger partial charge < -0.3 is 14.2 Å². The lowest BCUT2D eigenvalue weighted by Crippen LogP contribution is -2.18. The van der Waals surface area contributed by atoms with Gasteiger partial charge in [0.05, 0.1) is 63.4 Å². The van der Waals surface area contributed by atoms with Crippen molar-refractivity contribution in [1.82, 2.24) is 13.7 Å². The molecular formula is C64H33F4N3O10S2. The second kappa shape index (κ2) is 19.4. The number of halogens is 4. The Kier molecular flexibility index (Phi) is 11.9. The van der Waals surface area contributed by atoms with Gasteiger partial charge in [-0.3, -0.25) is 19.2 Å². The first kappa shape index (κ1) is 50.8. The molecule has 0 fully saturated rings. The standard InChI is InChI=1S/C64H33F4N3O10S2/c65-46-20-34-16-40-41(17-35(34)21-47(46)66)57(73)44(56(40)72)24-38-26-50-52(69(38)62(76)79-28-31-10-4-1-5-11-31)54-60(82-50)61-55(71(54)64(78)81-30-33-14-8-3-9-15-33)53-51(83-61)27-39(70(53)63(77)80-29-32-12-6-2-7-13-32)25-45-58(74)42-18-36-22-48(67)49(68)23-37(36)19-43(42)59(45)75/h1-27H,28-30H2. The topological polar surface area (TPSA) is 162 Å². The maximum absolute atomic E-state index is 15.3. The van der Waals surface area contributed by atoms with Crippen LogP contribution in [0.2, 0.25) is 0 Å². The van der Waals surface area contributed by atoms with Gasteiger partial charge >= 0.3 is 18.3 Å². The summed E-state index contributed by atoms with van der Waals surface area (Å²) in [4.78, 5) is 102. The number of carbonyl (C=O) groups is 7. The molecule has 5 heterocycles. The predicted molar refractivity (Wildman–Crippen MR) is 303 cm³/mol. The molecular weight excluding hydrogens is 1110 g/mol. The first-order valence-corrected chi connectivity index (χ1v) is 27.1. The van der Waals surface area contributed by atoms with Gasteiger partial charge in [-0.1, -0.05) is 91.0 Å². The summed E-state index contributed by atoms with van der Waals surface area (Å²) in [5.41, 5.74) is 1.12. The molecule has 0 saturated heterocycles. The Morgan fingerprint density at radius 1 is 0.386 bits per heavy atom. The fraction of sp³-hybridized carbons (Fsp3) is 0.0469. The van der Waals surface area contributed by atoms with Gasteiger partial charge in [-0.25, -0.2) is 45.6 Å². The number of ether oxygens (including phenoxy) is 3. The van der Waals surface area contributed by atoms with Gasteiger partial charge in [-0.05, 0) is 111 Å². The Balaban J connectivity index is 0.990. The Bertz CT molecular complexity index is 4580. The highest BCUT2D eigenvalue weighted by molar-refractivity contribution is 7.33. The van der Waals surface area contributed by atoms with Crippen LogP contribution in [0.4, 0.5) is 31.9 Å². The lowest BCUT2D eigenvalue weighted by atomic mass is 10.0. The normalized spacial score (nSPS) is 13.2. The fourth-order valence-corrected chi connectivity index (χ4v) is 13.4. The molecule has 0 spiro atoms. The van der Waals surface area contributed by atoms with Crippen LogP contribution in [-0.4, -0.2) is 55.1 Å². The molecule has 404 valence electrons. The highest BCUT2D eigenvalue weighted by Gasteiger charge is 2.38. The molecule has 0 unspecified atom stereocenters. The van der Waals surface area contributed by atoms with E-state index in [1.54, 1.807) is 103 Å². The van der Waals surface area contributed by atoms with E-state index in [4.69, 9.17) is 14.2 Å². The van der Waals surface area contributed by atoms with Crippen LogP contribution >= 0.6 is 22.7 Å². The molecule has 0 saturated carbocycles. The summed E-state index contributed by atoms with van der Waals surface area (Å²) >= 11 is 2.28. The zero-order valence-corrected chi connectivity index (χ0v) is 44.1. The summed E-state index contributed by atoms with van der Waals surface area (Å²) in [6.45, 7) is -0.710. The van der Waals surface area contributed by atoms with E-state index < -0.39 is 64.7 Å². The van der Waals surface area contributed by atoms with Crippen molar-refractivity contribution in [3.8, 4) is 0 Å². The number of Topliss-reactive ketones (excluding diaryl/α,β-unsaturated/α-hetero) is 4. The summed E-state index contributed by atoms with van der Waals surface area (Å²) in [6.07, 6.45) is -0.512. The maximum atomic E-state index is 15.3. The zero-order valence-electron chi connectivity index (χ0n) is 42.5. The second-order valence-corrected chi connectivity index (χ2v) is 21.8. The van der Waals surface area contributed by atoms with Crippen molar-refractivity contribution in [3.05, 3.63) is 236 Å². The van der Waals surface area contributed by atoms with Crippen molar-refractivity contribution in [1.29, 1.82) is 0 Å². The number of fused-ring (bicyclic) bond motifs is 11. The Morgan fingerprint density at radius 2 is 0.675 bits per heavy atom. The van der Waals surface area contributed by atoms with E-state index in [0.29, 0.717) is 35.5 Å². The molecule has 12 aromatic rings. The monoisotopic (exact) mass is 1140 g/mol. The minimum Gasteiger partial charge on any atom is -0.444 e. The third kappa shape index (κ3) is 8.29. The number of carbonyl (C=O) groups excluding carboxylic acids is 7. The fourth-order valence-electron chi connectivity index (χ4n) is 10.8. The first-order chi connectivity index (χ1) is 40.2. The molecule has 0 amide bonds. The lowest BCUT2D eigenvalue weighted by Gasteiger charge is -2.12. The molecule has 13 nitrogen and oxygen atoms in total. The van der Waals surface area contributed by atoms with Gasteiger partial charge in [0.15, 0.2) is 46.4 Å². The SMILES string of the molecule is O=C1C(=Cc2cc3sc4c5sc6cc(C=C7C(=O)c8cc9cc(F)c(F)cc9cc8C7=O)n(C(=O)OCc7ccccc7)c6c5n(C(=O)OCc5ccccc5)c4c3n2C(=O)OCc2ccccc2)C(=O)c2cc3cc(F)c(F)cc3cc21. The molecule has 19 heteroatoms. The number of nitrogens with zero attached hydrogens (tertiary/aromatic N) is 3. The van der Waals surface area contributed by atoms with Crippen molar-refractivity contribution in [2.75, 3.05) is 0 Å². The first-order valence-electron chi connectivity index (χ1n) is 25.5. The van der Waals surface area contributed by atoms with Crippen molar-refractivity contribution >= 4 is 139 Å². The van der Waals surface area contributed by atoms with Crippen LogP contribution < -0.4 is 0 Å². The van der Waals surface area contributed by atoms with Crippen molar-refractivity contribution in [2.45, 2.75) is 19.8 Å². The van der Waals surface area contributed by atoms with Crippen LogP contribution in [0.3, 0.4) is 0 Å². The van der Waals surface area contributed by atoms with Crippen molar-refractivity contribution in [2.24, 2.45) is 0 Å². The second-order valence-electron chi connectivity index (χ2n) is 19.7. The van der Waals surface area contributed by atoms with E-state index in [1.807, 2.05) is 0 Å². The van der Waals surface area contributed by atoms with E-state index in [2.05, 4.69) is 0 Å². The molecule has 0 aliphatic heterocycles. The summed E-state index contributed by atoms with van der Waals surface area (Å²) in [5, 5.41) is 0.691. The number of aromatic nitrogens is 3. The highest BCUT2D eigenvalue weighted by atomic mass is 32.1.